The number of carbonyl (C=O) groups is 2. The monoisotopic (exact) mass is 330 g/mol. The lowest BCUT2D eigenvalue weighted by molar-refractivity contribution is -0.128. The third kappa shape index (κ3) is 3.13. The highest BCUT2D eigenvalue weighted by Gasteiger charge is 2.22. The minimum atomic E-state index is -1.24. The minimum Gasteiger partial charge on any atom is -0.381 e. The van der Waals surface area contributed by atoms with E-state index in [1.807, 2.05) is 18.2 Å². The molecule has 3 N–H and O–H groups in total. The summed E-state index contributed by atoms with van der Waals surface area (Å²) in [7, 11) is 1.44. The summed E-state index contributed by atoms with van der Waals surface area (Å²) in [5, 5.41) is 14.5. The van der Waals surface area contributed by atoms with Crippen molar-refractivity contribution >= 4 is 23.2 Å². The van der Waals surface area contributed by atoms with Crippen molar-refractivity contribution < 1.29 is 14.7 Å². The quantitative estimate of drug-likeness (QED) is 0.792. The Hall–Kier alpha value is -2.18. The number of nitrogens with one attached hydrogen (secondary N) is 2. The van der Waals surface area contributed by atoms with Crippen molar-refractivity contribution in [3.05, 3.63) is 46.3 Å². The van der Waals surface area contributed by atoms with Gasteiger partial charge in [-0.3, -0.25) is 9.59 Å². The number of aliphatic hydroxyl groups is 1. The molecule has 2 amide bonds. The molecule has 3 rings (SSSR count). The zero-order valence-corrected chi connectivity index (χ0v) is 13.6. The maximum absolute atomic E-state index is 12.2. The van der Waals surface area contributed by atoms with Crippen LogP contribution in [0.25, 0.3) is 10.4 Å². The molecule has 0 aliphatic heterocycles. The van der Waals surface area contributed by atoms with Crippen molar-refractivity contribution in [1.82, 2.24) is 10.6 Å². The van der Waals surface area contributed by atoms with E-state index >= 15 is 0 Å². The number of aliphatic hydroxyl groups excluding tert-OH is 1. The van der Waals surface area contributed by atoms with Crippen LogP contribution in [-0.2, 0) is 17.6 Å². The van der Waals surface area contributed by atoms with Gasteiger partial charge in [0.05, 0.1) is 11.4 Å². The third-order valence-corrected chi connectivity index (χ3v) is 5.17. The number of thiophene rings is 1. The van der Waals surface area contributed by atoms with Gasteiger partial charge in [0.2, 0.25) is 5.91 Å². The maximum atomic E-state index is 12.2. The van der Waals surface area contributed by atoms with E-state index in [0.29, 0.717) is 4.88 Å². The number of aryl methyl sites for hydroxylation is 2. The molecule has 2 aromatic rings. The Labute approximate surface area is 138 Å². The molecule has 5 nitrogen and oxygen atoms in total. The second-order valence-corrected chi connectivity index (χ2v) is 6.51. The first-order chi connectivity index (χ1) is 11.1. The number of hydrogen-bond donors (Lipinski definition) is 3. The number of hydrogen-bond acceptors (Lipinski definition) is 4. The summed E-state index contributed by atoms with van der Waals surface area (Å²) in [5.41, 5.74) is 3.69. The molecule has 0 bridgehead atoms. The van der Waals surface area contributed by atoms with E-state index in [4.69, 9.17) is 0 Å². The summed E-state index contributed by atoms with van der Waals surface area (Å²) in [5.74, 6) is -0.769. The first-order valence-corrected chi connectivity index (χ1v) is 8.30. The maximum Gasteiger partial charge on any atom is 0.261 e. The molecule has 1 atom stereocenters. The first kappa shape index (κ1) is 15.7. The number of rotatable bonds is 4. The molecule has 1 aromatic heterocycles. The van der Waals surface area contributed by atoms with Crippen molar-refractivity contribution in [3.63, 3.8) is 0 Å². The molecule has 0 saturated heterocycles. The average molecular weight is 330 g/mol. The van der Waals surface area contributed by atoms with Crippen LogP contribution in [0.4, 0.5) is 0 Å². The summed E-state index contributed by atoms with van der Waals surface area (Å²) < 4.78 is 0. The summed E-state index contributed by atoms with van der Waals surface area (Å²) in [4.78, 5) is 25.2. The van der Waals surface area contributed by atoms with Crippen LogP contribution in [0, 0.1) is 0 Å². The molecular formula is C17H18N2O3S. The van der Waals surface area contributed by atoms with Crippen molar-refractivity contribution in [2.45, 2.75) is 18.9 Å². The van der Waals surface area contributed by atoms with Gasteiger partial charge >= 0.3 is 0 Å². The normalized spacial score (nSPS) is 13.7. The standard InChI is InChI=1S/C17H18N2O3S/c1-18-16(21)13(20)9-19-17(22)14-8-11-7-6-10-4-2-3-5-12(10)15(11)23-14/h2-5,8,13,20H,6-7,9H2,1H3,(H,18,21)(H,19,22). The van der Waals surface area contributed by atoms with Crippen molar-refractivity contribution in [2.24, 2.45) is 0 Å². The highest BCUT2D eigenvalue weighted by atomic mass is 32.1. The zero-order valence-electron chi connectivity index (χ0n) is 12.8. The fourth-order valence-electron chi connectivity index (χ4n) is 2.72. The van der Waals surface area contributed by atoms with Crippen LogP contribution in [0.1, 0.15) is 20.8 Å². The molecule has 23 heavy (non-hydrogen) atoms. The molecule has 1 heterocycles. The van der Waals surface area contributed by atoms with Gasteiger partial charge < -0.3 is 15.7 Å². The van der Waals surface area contributed by atoms with Crippen molar-refractivity contribution in [1.29, 1.82) is 0 Å². The van der Waals surface area contributed by atoms with Crippen LogP contribution < -0.4 is 10.6 Å². The Kier molecular flexibility index (Phi) is 4.45. The largest absolute Gasteiger partial charge is 0.381 e. The van der Waals surface area contributed by atoms with Crippen LogP contribution in [0.2, 0.25) is 0 Å². The third-order valence-electron chi connectivity index (χ3n) is 3.96. The highest BCUT2D eigenvalue weighted by molar-refractivity contribution is 7.17. The van der Waals surface area contributed by atoms with Gasteiger partial charge in [-0.1, -0.05) is 24.3 Å². The molecule has 6 heteroatoms. The molecule has 0 radical (unpaired) electrons. The topological polar surface area (TPSA) is 78.4 Å². The molecule has 0 saturated carbocycles. The number of amides is 2. The summed E-state index contributed by atoms with van der Waals surface area (Å²) in [6, 6.07) is 10.2. The van der Waals surface area contributed by atoms with Crippen LogP contribution in [0.3, 0.4) is 0 Å². The predicted octanol–water partition coefficient (Wildman–Crippen LogP) is 1.35. The van der Waals surface area contributed by atoms with E-state index in [0.717, 1.165) is 17.7 Å². The Morgan fingerprint density at radius 3 is 2.78 bits per heavy atom. The second kappa shape index (κ2) is 6.52. The summed E-state index contributed by atoms with van der Waals surface area (Å²) >= 11 is 1.46. The molecule has 1 aliphatic carbocycles. The van der Waals surface area contributed by atoms with Gasteiger partial charge in [-0.05, 0) is 35.6 Å². The highest BCUT2D eigenvalue weighted by Crippen LogP contribution is 2.39. The molecule has 1 aromatic carbocycles. The molecular weight excluding hydrogens is 312 g/mol. The van der Waals surface area contributed by atoms with Crippen LogP contribution in [0.5, 0.6) is 0 Å². The van der Waals surface area contributed by atoms with Gasteiger partial charge in [0.25, 0.3) is 5.91 Å². The summed E-state index contributed by atoms with van der Waals surface area (Å²) in [6.45, 7) is -0.0995. The smallest absolute Gasteiger partial charge is 0.261 e. The van der Waals surface area contributed by atoms with Gasteiger partial charge in [0, 0.05) is 11.9 Å². The number of fused-ring (bicyclic) bond motifs is 3. The van der Waals surface area contributed by atoms with Gasteiger partial charge in [-0.15, -0.1) is 11.3 Å². The Bertz CT molecular complexity index is 754. The SMILES string of the molecule is CNC(=O)C(O)CNC(=O)c1cc2c(s1)-c1ccccc1CC2. The van der Waals surface area contributed by atoms with Gasteiger partial charge in [-0.25, -0.2) is 0 Å². The average Bonchev–Trinajstić information content (AvgIpc) is 3.03. The minimum absolute atomic E-state index is 0.0995. The van der Waals surface area contributed by atoms with Gasteiger partial charge in [0.1, 0.15) is 6.10 Å². The first-order valence-electron chi connectivity index (χ1n) is 7.49. The van der Waals surface area contributed by atoms with E-state index < -0.39 is 12.0 Å². The van der Waals surface area contributed by atoms with Crippen LogP contribution >= 0.6 is 11.3 Å². The van der Waals surface area contributed by atoms with Gasteiger partial charge in [0.15, 0.2) is 0 Å². The zero-order chi connectivity index (χ0) is 16.4. The molecule has 0 fully saturated rings. The lowest BCUT2D eigenvalue weighted by atomic mass is 9.91. The fraction of sp³-hybridized carbons (Fsp3) is 0.294. The van der Waals surface area contributed by atoms with E-state index in [2.05, 4.69) is 22.8 Å². The lowest BCUT2D eigenvalue weighted by Crippen LogP contribution is -2.41. The van der Waals surface area contributed by atoms with E-state index in [-0.39, 0.29) is 12.5 Å². The predicted molar refractivity (Wildman–Crippen MR) is 89.6 cm³/mol. The molecule has 1 unspecified atom stereocenters. The van der Waals surface area contributed by atoms with E-state index in [1.165, 1.54) is 35.1 Å². The van der Waals surface area contributed by atoms with E-state index in [9.17, 15) is 14.7 Å². The molecule has 120 valence electrons. The van der Waals surface area contributed by atoms with Gasteiger partial charge in [-0.2, -0.15) is 0 Å². The fourth-order valence-corrected chi connectivity index (χ4v) is 3.91. The second-order valence-electron chi connectivity index (χ2n) is 5.46. The molecule has 0 spiro atoms. The number of likely N-dealkylation sites (N-methyl/N-ethyl adjacent to an activating group) is 1. The van der Waals surface area contributed by atoms with Crippen LogP contribution in [-0.4, -0.2) is 36.6 Å². The molecule has 1 aliphatic rings. The van der Waals surface area contributed by atoms with Crippen LogP contribution in [0.15, 0.2) is 30.3 Å². The summed E-state index contributed by atoms with van der Waals surface area (Å²) in [6.07, 6.45) is 0.673. The Morgan fingerprint density at radius 1 is 1.26 bits per heavy atom. The lowest BCUT2D eigenvalue weighted by Gasteiger charge is -2.15. The number of benzene rings is 1. The van der Waals surface area contributed by atoms with E-state index in [1.54, 1.807) is 0 Å². The Balaban J connectivity index is 1.75. The Morgan fingerprint density at radius 2 is 2.00 bits per heavy atom. The van der Waals surface area contributed by atoms with Crippen molar-refractivity contribution in [3.8, 4) is 10.4 Å². The van der Waals surface area contributed by atoms with Crippen molar-refractivity contribution in [2.75, 3.05) is 13.6 Å². The number of carbonyl (C=O) groups excluding carboxylic acids is 2.